The lowest BCUT2D eigenvalue weighted by Gasteiger charge is -2.14. The fourth-order valence-corrected chi connectivity index (χ4v) is 2.80. The number of rotatable bonds is 2. The number of benzene rings is 1. The van der Waals surface area contributed by atoms with Crippen LogP contribution in [0.4, 0.5) is 0 Å². The van der Waals surface area contributed by atoms with E-state index < -0.39 is 0 Å². The Morgan fingerprint density at radius 2 is 1.84 bits per heavy atom. The van der Waals surface area contributed by atoms with Gasteiger partial charge in [-0.3, -0.25) is 10.1 Å². The van der Waals surface area contributed by atoms with Crippen molar-refractivity contribution < 1.29 is 0 Å². The number of nitrogens with zero attached hydrogens (tertiary/aromatic N) is 4. The van der Waals surface area contributed by atoms with Crippen molar-refractivity contribution in [2.75, 3.05) is 0 Å². The van der Waals surface area contributed by atoms with Crippen LogP contribution in [0, 0.1) is 6.92 Å². The maximum absolute atomic E-state index is 4.90. The maximum atomic E-state index is 4.90. The molecule has 3 aromatic heterocycles. The lowest BCUT2D eigenvalue weighted by molar-refractivity contribution is 0.553. The van der Waals surface area contributed by atoms with E-state index in [1.807, 2.05) is 43.3 Å². The summed E-state index contributed by atoms with van der Waals surface area (Å²) < 4.78 is 0. The van der Waals surface area contributed by atoms with Gasteiger partial charge in [-0.05, 0) is 31.2 Å². The standard InChI is InChI=1S/C19H20N6/c1-11-6-5-7-14(20-11)17-16(21-18(22-17)19(2,3)4)12-8-9-13-15(10-12)24-25-23-13/h5-10H,1-4H3,(H,21,22)(H,23,24,25). The molecule has 0 aliphatic rings. The molecule has 3 heterocycles. The molecule has 0 fully saturated rings. The molecule has 25 heavy (non-hydrogen) atoms. The van der Waals surface area contributed by atoms with E-state index in [4.69, 9.17) is 4.98 Å². The van der Waals surface area contributed by atoms with Gasteiger partial charge in [-0.15, -0.1) is 5.10 Å². The van der Waals surface area contributed by atoms with Gasteiger partial charge in [0.1, 0.15) is 11.3 Å². The van der Waals surface area contributed by atoms with Gasteiger partial charge < -0.3 is 4.98 Å². The van der Waals surface area contributed by atoms with Gasteiger partial charge in [0, 0.05) is 16.7 Å². The Balaban J connectivity index is 1.94. The first-order valence-electron chi connectivity index (χ1n) is 8.27. The summed E-state index contributed by atoms with van der Waals surface area (Å²) in [6.07, 6.45) is 0. The Hall–Kier alpha value is -3.02. The molecule has 0 saturated heterocycles. The van der Waals surface area contributed by atoms with E-state index in [1.54, 1.807) is 0 Å². The highest BCUT2D eigenvalue weighted by atomic mass is 15.3. The smallest absolute Gasteiger partial charge is 0.112 e. The molecule has 4 rings (SSSR count). The molecule has 0 amide bonds. The van der Waals surface area contributed by atoms with Crippen molar-refractivity contribution in [3.63, 3.8) is 0 Å². The summed E-state index contributed by atoms with van der Waals surface area (Å²) >= 11 is 0. The Labute approximate surface area is 145 Å². The zero-order valence-corrected chi connectivity index (χ0v) is 14.8. The Morgan fingerprint density at radius 3 is 2.60 bits per heavy atom. The van der Waals surface area contributed by atoms with Gasteiger partial charge in [-0.1, -0.05) is 38.1 Å². The van der Waals surface area contributed by atoms with Gasteiger partial charge in [-0.25, -0.2) is 4.98 Å². The zero-order chi connectivity index (χ0) is 17.6. The van der Waals surface area contributed by atoms with E-state index in [0.717, 1.165) is 45.2 Å². The monoisotopic (exact) mass is 332 g/mol. The molecule has 0 spiro atoms. The quantitative estimate of drug-likeness (QED) is 0.581. The first-order valence-corrected chi connectivity index (χ1v) is 8.27. The second-order valence-corrected chi connectivity index (χ2v) is 7.27. The van der Waals surface area contributed by atoms with Crippen LogP contribution >= 0.6 is 0 Å². The van der Waals surface area contributed by atoms with E-state index in [0.29, 0.717) is 0 Å². The van der Waals surface area contributed by atoms with Crippen molar-refractivity contribution in [2.45, 2.75) is 33.1 Å². The largest absolute Gasteiger partial charge is 0.340 e. The fraction of sp³-hybridized carbons (Fsp3) is 0.263. The normalized spacial score (nSPS) is 12.0. The number of hydrogen-bond donors (Lipinski definition) is 2. The third-order valence-corrected chi connectivity index (χ3v) is 4.16. The third-order valence-electron chi connectivity index (χ3n) is 4.16. The molecule has 2 N–H and O–H groups in total. The maximum Gasteiger partial charge on any atom is 0.112 e. The minimum absolute atomic E-state index is 0.0868. The van der Waals surface area contributed by atoms with E-state index >= 15 is 0 Å². The molecule has 0 unspecified atom stereocenters. The summed E-state index contributed by atoms with van der Waals surface area (Å²) in [4.78, 5) is 13.1. The summed E-state index contributed by atoms with van der Waals surface area (Å²) in [6.45, 7) is 8.42. The molecule has 0 saturated carbocycles. The van der Waals surface area contributed by atoms with Gasteiger partial charge in [-0.2, -0.15) is 0 Å². The lowest BCUT2D eigenvalue weighted by Crippen LogP contribution is -2.13. The second-order valence-electron chi connectivity index (χ2n) is 7.27. The van der Waals surface area contributed by atoms with Crippen LogP contribution in [-0.4, -0.2) is 30.4 Å². The summed E-state index contributed by atoms with van der Waals surface area (Å²) in [5.74, 6) is 0.934. The average molecular weight is 332 g/mol. The highest BCUT2D eigenvalue weighted by Crippen LogP contribution is 2.33. The van der Waals surface area contributed by atoms with Gasteiger partial charge >= 0.3 is 0 Å². The molecular formula is C19H20N6. The van der Waals surface area contributed by atoms with Crippen LogP contribution in [0.5, 0.6) is 0 Å². The summed E-state index contributed by atoms with van der Waals surface area (Å²) in [6, 6.07) is 12.0. The Bertz CT molecular complexity index is 1050. The highest BCUT2D eigenvalue weighted by Gasteiger charge is 2.23. The molecule has 0 atom stereocenters. The van der Waals surface area contributed by atoms with Gasteiger partial charge in [0.05, 0.1) is 22.6 Å². The van der Waals surface area contributed by atoms with Crippen LogP contribution in [-0.2, 0) is 5.41 Å². The molecule has 0 radical (unpaired) electrons. The molecule has 1 aromatic carbocycles. The Morgan fingerprint density at radius 1 is 1.00 bits per heavy atom. The number of aryl methyl sites for hydroxylation is 1. The molecule has 0 aliphatic carbocycles. The van der Waals surface area contributed by atoms with Crippen molar-refractivity contribution >= 4 is 11.0 Å². The number of aromatic amines is 2. The minimum atomic E-state index is -0.0868. The number of H-pyrrole nitrogens is 2. The number of imidazole rings is 1. The van der Waals surface area contributed by atoms with Crippen molar-refractivity contribution in [1.82, 2.24) is 30.4 Å². The zero-order valence-electron chi connectivity index (χ0n) is 14.8. The van der Waals surface area contributed by atoms with E-state index in [-0.39, 0.29) is 5.41 Å². The van der Waals surface area contributed by atoms with E-state index in [9.17, 15) is 0 Å². The van der Waals surface area contributed by atoms with Crippen LogP contribution in [0.15, 0.2) is 36.4 Å². The molecular weight excluding hydrogens is 312 g/mol. The average Bonchev–Trinajstić information content (AvgIpc) is 3.20. The predicted molar refractivity (Wildman–Crippen MR) is 98.1 cm³/mol. The number of fused-ring (bicyclic) bond motifs is 1. The van der Waals surface area contributed by atoms with Gasteiger partial charge in [0.15, 0.2) is 0 Å². The second kappa shape index (κ2) is 5.51. The number of aromatic nitrogens is 6. The van der Waals surface area contributed by atoms with Gasteiger partial charge in [0.25, 0.3) is 0 Å². The van der Waals surface area contributed by atoms with Crippen LogP contribution < -0.4 is 0 Å². The van der Waals surface area contributed by atoms with Crippen molar-refractivity contribution in [3.05, 3.63) is 47.9 Å². The predicted octanol–water partition coefficient (Wildman–Crippen LogP) is 4.02. The fourth-order valence-electron chi connectivity index (χ4n) is 2.80. The third kappa shape index (κ3) is 2.80. The molecule has 4 aromatic rings. The Kier molecular flexibility index (Phi) is 3.42. The van der Waals surface area contributed by atoms with Crippen LogP contribution in [0.1, 0.15) is 32.3 Å². The number of pyridine rings is 1. The number of nitrogens with one attached hydrogen (secondary N) is 2. The SMILES string of the molecule is Cc1cccc(-c2[nH]c(C(C)(C)C)nc2-c2ccc3nn[nH]c3c2)n1. The van der Waals surface area contributed by atoms with Crippen molar-refractivity contribution in [1.29, 1.82) is 0 Å². The molecule has 6 heteroatoms. The van der Waals surface area contributed by atoms with Crippen LogP contribution in [0.3, 0.4) is 0 Å². The first-order chi connectivity index (χ1) is 11.9. The van der Waals surface area contributed by atoms with Crippen LogP contribution in [0.2, 0.25) is 0 Å². The summed E-state index contributed by atoms with van der Waals surface area (Å²) in [5, 5.41) is 10.8. The molecule has 126 valence electrons. The summed E-state index contributed by atoms with van der Waals surface area (Å²) in [7, 11) is 0. The van der Waals surface area contributed by atoms with Gasteiger partial charge in [0.2, 0.25) is 0 Å². The molecule has 0 aliphatic heterocycles. The first kappa shape index (κ1) is 15.5. The number of hydrogen-bond acceptors (Lipinski definition) is 4. The van der Waals surface area contributed by atoms with Crippen LogP contribution in [0.25, 0.3) is 33.7 Å². The lowest BCUT2D eigenvalue weighted by atomic mass is 9.96. The topological polar surface area (TPSA) is 83.1 Å². The van der Waals surface area contributed by atoms with E-state index in [1.165, 1.54) is 0 Å². The van der Waals surface area contributed by atoms with E-state index in [2.05, 4.69) is 46.1 Å². The van der Waals surface area contributed by atoms with Crippen molar-refractivity contribution in [2.24, 2.45) is 0 Å². The molecule has 6 nitrogen and oxygen atoms in total. The minimum Gasteiger partial charge on any atom is -0.340 e. The summed E-state index contributed by atoms with van der Waals surface area (Å²) in [5.41, 5.74) is 6.33. The van der Waals surface area contributed by atoms with Crippen molar-refractivity contribution in [3.8, 4) is 22.6 Å². The highest BCUT2D eigenvalue weighted by molar-refractivity contribution is 5.84. The molecule has 0 bridgehead atoms.